The number of hydrogen-bond donors (Lipinski definition) is 2. The summed E-state index contributed by atoms with van der Waals surface area (Å²) in [6.45, 7) is 1.89. The lowest BCUT2D eigenvalue weighted by Crippen LogP contribution is -2.26. The van der Waals surface area contributed by atoms with E-state index in [0.29, 0.717) is 16.3 Å². The number of halogens is 1. The van der Waals surface area contributed by atoms with Crippen LogP contribution in [0.2, 0.25) is 5.02 Å². The van der Waals surface area contributed by atoms with Gasteiger partial charge in [-0.15, -0.1) is 0 Å². The molecule has 2 N–H and O–H groups in total. The summed E-state index contributed by atoms with van der Waals surface area (Å²) in [6.07, 6.45) is -1.19. The number of hydrazone groups is 1. The fourth-order valence-electron chi connectivity index (χ4n) is 1.87. The van der Waals surface area contributed by atoms with Gasteiger partial charge in [0.2, 0.25) is 0 Å². The summed E-state index contributed by atoms with van der Waals surface area (Å²) in [4.78, 5) is 12.1. The highest BCUT2D eigenvalue weighted by molar-refractivity contribution is 6.38. The Labute approximate surface area is 139 Å². The van der Waals surface area contributed by atoms with Crippen LogP contribution in [0.5, 0.6) is 0 Å². The lowest BCUT2D eigenvalue weighted by molar-refractivity contribution is -0.135. The van der Waals surface area contributed by atoms with Gasteiger partial charge in [0.15, 0.2) is 5.71 Å². The van der Waals surface area contributed by atoms with Crippen LogP contribution in [-0.2, 0) is 9.53 Å². The predicted octanol–water partition coefficient (Wildman–Crippen LogP) is 3.40. The Kier molecular flexibility index (Phi) is 6.14. The van der Waals surface area contributed by atoms with E-state index in [-0.39, 0.29) is 12.3 Å². The topological polar surface area (TPSA) is 70.9 Å². The standard InChI is InChI=1S/C17H17ClN2O3/c1-2-23-17(22)15(16(21)12-6-4-3-5-7-12)20-19-14-10-8-13(18)9-11-14/h3-11,16,19,21H,2H2,1H3/b20-15-. The Hall–Kier alpha value is -2.37. The zero-order valence-corrected chi connectivity index (χ0v) is 13.3. The maximum Gasteiger partial charge on any atom is 0.357 e. The highest BCUT2D eigenvalue weighted by atomic mass is 35.5. The van der Waals surface area contributed by atoms with Crippen molar-refractivity contribution in [1.82, 2.24) is 0 Å². The van der Waals surface area contributed by atoms with Crippen molar-refractivity contribution in [3.05, 3.63) is 65.2 Å². The van der Waals surface area contributed by atoms with Gasteiger partial charge in [-0.05, 0) is 36.8 Å². The number of carbonyl (C=O) groups is 1. The Morgan fingerprint density at radius 1 is 1.22 bits per heavy atom. The van der Waals surface area contributed by atoms with Crippen molar-refractivity contribution in [2.45, 2.75) is 13.0 Å². The second-order valence-electron chi connectivity index (χ2n) is 4.65. The van der Waals surface area contributed by atoms with Gasteiger partial charge < -0.3 is 9.84 Å². The molecule has 0 saturated carbocycles. The molecule has 1 unspecified atom stereocenters. The van der Waals surface area contributed by atoms with E-state index in [9.17, 15) is 9.90 Å². The van der Waals surface area contributed by atoms with Gasteiger partial charge in [-0.2, -0.15) is 5.10 Å². The molecule has 23 heavy (non-hydrogen) atoms. The number of anilines is 1. The molecule has 0 heterocycles. The Bertz CT molecular complexity index is 672. The van der Waals surface area contributed by atoms with Gasteiger partial charge in [-0.3, -0.25) is 5.43 Å². The molecule has 2 rings (SSSR count). The first-order valence-electron chi connectivity index (χ1n) is 7.11. The first-order valence-corrected chi connectivity index (χ1v) is 7.49. The Morgan fingerprint density at radius 2 is 1.87 bits per heavy atom. The number of hydrogen-bond acceptors (Lipinski definition) is 5. The number of ether oxygens (including phenoxy) is 1. The molecule has 2 aromatic carbocycles. The largest absolute Gasteiger partial charge is 0.461 e. The minimum absolute atomic E-state index is 0.118. The molecule has 2 aromatic rings. The zero-order chi connectivity index (χ0) is 16.7. The molecule has 0 saturated heterocycles. The number of nitrogens with one attached hydrogen (secondary N) is 1. The van der Waals surface area contributed by atoms with Crippen molar-refractivity contribution in [2.75, 3.05) is 12.0 Å². The van der Waals surface area contributed by atoms with E-state index in [0.717, 1.165) is 0 Å². The van der Waals surface area contributed by atoms with Crippen LogP contribution in [-0.4, -0.2) is 23.4 Å². The average Bonchev–Trinajstić information content (AvgIpc) is 2.57. The summed E-state index contributed by atoms with van der Waals surface area (Å²) in [5.74, 6) is -0.676. The Morgan fingerprint density at radius 3 is 2.48 bits per heavy atom. The number of aliphatic hydroxyl groups excluding tert-OH is 1. The molecule has 0 bridgehead atoms. The highest BCUT2D eigenvalue weighted by Gasteiger charge is 2.24. The van der Waals surface area contributed by atoms with E-state index in [1.165, 1.54) is 0 Å². The van der Waals surface area contributed by atoms with E-state index >= 15 is 0 Å². The summed E-state index contributed by atoms with van der Waals surface area (Å²) < 4.78 is 4.96. The van der Waals surface area contributed by atoms with Crippen molar-refractivity contribution in [3.8, 4) is 0 Å². The second-order valence-corrected chi connectivity index (χ2v) is 5.09. The van der Waals surface area contributed by atoms with Crippen molar-refractivity contribution in [3.63, 3.8) is 0 Å². The third-order valence-electron chi connectivity index (χ3n) is 3.01. The molecule has 0 aliphatic heterocycles. The Balaban J connectivity index is 2.24. The third-order valence-corrected chi connectivity index (χ3v) is 3.26. The van der Waals surface area contributed by atoms with Crippen LogP contribution < -0.4 is 5.43 Å². The molecule has 120 valence electrons. The number of rotatable bonds is 6. The average molecular weight is 333 g/mol. The van der Waals surface area contributed by atoms with E-state index in [2.05, 4.69) is 10.5 Å². The number of carbonyl (C=O) groups excluding carboxylic acids is 1. The predicted molar refractivity (Wildman–Crippen MR) is 90.5 cm³/mol. The van der Waals surface area contributed by atoms with E-state index in [4.69, 9.17) is 16.3 Å². The quantitative estimate of drug-likeness (QED) is 0.483. The summed E-state index contributed by atoms with van der Waals surface area (Å²) in [6, 6.07) is 15.6. The second kappa shape index (κ2) is 8.31. The van der Waals surface area contributed by atoms with Gasteiger partial charge in [0.25, 0.3) is 0 Å². The van der Waals surface area contributed by atoms with Crippen molar-refractivity contribution >= 4 is 29.0 Å². The molecular formula is C17H17ClN2O3. The van der Waals surface area contributed by atoms with E-state index < -0.39 is 12.1 Å². The maximum atomic E-state index is 12.1. The summed E-state index contributed by atoms with van der Waals surface area (Å²) >= 11 is 5.82. The normalized spacial score (nSPS) is 12.6. The first kappa shape index (κ1) is 17.0. The molecule has 0 amide bonds. The molecular weight excluding hydrogens is 316 g/mol. The van der Waals surface area contributed by atoms with E-state index in [1.807, 2.05) is 6.07 Å². The van der Waals surface area contributed by atoms with Crippen molar-refractivity contribution < 1.29 is 14.6 Å². The fourth-order valence-corrected chi connectivity index (χ4v) is 1.99. The maximum absolute atomic E-state index is 12.1. The number of benzene rings is 2. The van der Waals surface area contributed by atoms with Crippen LogP contribution >= 0.6 is 11.6 Å². The molecule has 0 radical (unpaired) electrons. The van der Waals surface area contributed by atoms with Crippen LogP contribution in [0.4, 0.5) is 5.69 Å². The molecule has 0 spiro atoms. The van der Waals surface area contributed by atoms with Gasteiger partial charge in [-0.1, -0.05) is 41.9 Å². The minimum Gasteiger partial charge on any atom is -0.461 e. The lowest BCUT2D eigenvalue weighted by Gasteiger charge is -2.13. The molecule has 0 aromatic heterocycles. The van der Waals surface area contributed by atoms with E-state index in [1.54, 1.807) is 55.5 Å². The van der Waals surface area contributed by atoms with Gasteiger partial charge in [0, 0.05) is 5.02 Å². The molecule has 0 aliphatic rings. The van der Waals surface area contributed by atoms with Crippen LogP contribution in [0.1, 0.15) is 18.6 Å². The molecule has 6 heteroatoms. The summed E-state index contributed by atoms with van der Waals surface area (Å²) in [5, 5.41) is 15.0. The molecule has 0 aliphatic carbocycles. The fraction of sp³-hybridized carbons (Fsp3) is 0.176. The van der Waals surface area contributed by atoms with Crippen molar-refractivity contribution in [1.29, 1.82) is 0 Å². The van der Waals surface area contributed by atoms with Crippen LogP contribution in [0.25, 0.3) is 0 Å². The molecule has 5 nitrogen and oxygen atoms in total. The van der Waals surface area contributed by atoms with Crippen molar-refractivity contribution in [2.24, 2.45) is 5.10 Å². The van der Waals surface area contributed by atoms with Crippen LogP contribution in [0.15, 0.2) is 59.7 Å². The minimum atomic E-state index is -1.19. The SMILES string of the molecule is CCOC(=O)/C(=N\Nc1ccc(Cl)cc1)C(O)c1ccccc1. The number of nitrogens with zero attached hydrogens (tertiary/aromatic N) is 1. The smallest absolute Gasteiger partial charge is 0.357 e. The van der Waals surface area contributed by atoms with Crippen LogP contribution in [0, 0.1) is 0 Å². The van der Waals surface area contributed by atoms with Gasteiger partial charge in [0.05, 0.1) is 12.3 Å². The highest BCUT2D eigenvalue weighted by Crippen LogP contribution is 2.17. The molecule has 1 atom stereocenters. The van der Waals surface area contributed by atoms with Gasteiger partial charge >= 0.3 is 5.97 Å². The van der Waals surface area contributed by atoms with Crippen LogP contribution in [0.3, 0.4) is 0 Å². The third kappa shape index (κ3) is 4.81. The lowest BCUT2D eigenvalue weighted by atomic mass is 10.1. The monoisotopic (exact) mass is 332 g/mol. The van der Waals surface area contributed by atoms with Gasteiger partial charge in [0.1, 0.15) is 6.10 Å². The zero-order valence-electron chi connectivity index (χ0n) is 12.6. The summed E-state index contributed by atoms with van der Waals surface area (Å²) in [7, 11) is 0. The molecule has 0 fully saturated rings. The summed E-state index contributed by atoms with van der Waals surface area (Å²) in [5.41, 5.74) is 3.80. The first-order chi connectivity index (χ1) is 11.1. The number of esters is 1. The van der Waals surface area contributed by atoms with Gasteiger partial charge in [-0.25, -0.2) is 4.79 Å². The number of aliphatic hydroxyl groups is 1.